The van der Waals surface area contributed by atoms with E-state index in [9.17, 15) is 0 Å². The summed E-state index contributed by atoms with van der Waals surface area (Å²) in [5.41, 5.74) is 6.77. The fourth-order valence-corrected chi connectivity index (χ4v) is 1.95. The van der Waals surface area contributed by atoms with Crippen LogP contribution in [0.5, 0.6) is 0 Å². The summed E-state index contributed by atoms with van der Waals surface area (Å²) in [4.78, 5) is 4.51. The van der Waals surface area contributed by atoms with Crippen LogP contribution in [0, 0.1) is 0 Å². The van der Waals surface area contributed by atoms with Gasteiger partial charge in [0.1, 0.15) is 0 Å². The van der Waals surface area contributed by atoms with Crippen molar-refractivity contribution in [3.63, 3.8) is 0 Å². The van der Waals surface area contributed by atoms with Gasteiger partial charge in [0.15, 0.2) is 0 Å². The Kier molecular flexibility index (Phi) is 3.69. The topological polar surface area (TPSA) is 38.9 Å². The number of hydrogen-bond donors (Lipinski definition) is 1. The second-order valence-electron chi connectivity index (χ2n) is 3.06. The maximum atomic E-state index is 5.55. The van der Waals surface area contributed by atoms with Crippen molar-refractivity contribution in [2.24, 2.45) is 5.73 Å². The predicted molar refractivity (Wildman–Crippen MR) is 53.6 cm³/mol. The predicted octanol–water partition coefficient (Wildman–Crippen LogP) is 2.16. The van der Waals surface area contributed by atoms with Gasteiger partial charge in [0.05, 0.1) is 10.7 Å². The van der Waals surface area contributed by atoms with Crippen molar-refractivity contribution in [1.82, 2.24) is 4.98 Å². The van der Waals surface area contributed by atoms with E-state index in [0.717, 1.165) is 6.42 Å². The lowest BCUT2D eigenvalue weighted by Crippen LogP contribution is -2.08. The first-order chi connectivity index (χ1) is 5.77. The van der Waals surface area contributed by atoms with Crippen LogP contribution in [0.3, 0.4) is 0 Å². The molecule has 1 rings (SSSR count). The second-order valence-corrected chi connectivity index (χ2v) is 3.95. The molecule has 68 valence electrons. The van der Waals surface area contributed by atoms with E-state index >= 15 is 0 Å². The van der Waals surface area contributed by atoms with Gasteiger partial charge in [-0.2, -0.15) is 0 Å². The lowest BCUT2D eigenvalue weighted by atomic mass is 10.2. The highest BCUT2D eigenvalue weighted by Crippen LogP contribution is 2.19. The first-order valence-electron chi connectivity index (χ1n) is 4.42. The third-order valence-electron chi connectivity index (χ3n) is 1.85. The molecule has 0 aromatic carbocycles. The molecule has 1 unspecified atom stereocenters. The van der Waals surface area contributed by atoms with Crippen molar-refractivity contribution in [1.29, 1.82) is 0 Å². The van der Waals surface area contributed by atoms with Gasteiger partial charge in [-0.3, -0.25) is 0 Å². The molecular formula is C9H16N2S. The van der Waals surface area contributed by atoms with E-state index in [-0.39, 0.29) is 0 Å². The smallest absolute Gasteiger partial charge is 0.0969 e. The quantitative estimate of drug-likeness (QED) is 0.778. The van der Waals surface area contributed by atoms with Crippen molar-refractivity contribution in [3.8, 4) is 0 Å². The van der Waals surface area contributed by atoms with E-state index in [2.05, 4.69) is 24.2 Å². The zero-order chi connectivity index (χ0) is 8.97. The molecule has 0 aliphatic carbocycles. The van der Waals surface area contributed by atoms with E-state index in [1.807, 2.05) is 0 Å². The van der Waals surface area contributed by atoms with Crippen LogP contribution >= 0.6 is 11.3 Å². The van der Waals surface area contributed by atoms with Crippen molar-refractivity contribution in [2.45, 2.75) is 32.6 Å². The molecule has 2 nitrogen and oxygen atoms in total. The summed E-state index contributed by atoms with van der Waals surface area (Å²) in [5, 5.41) is 3.33. The van der Waals surface area contributed by atoms with Gasteiger partial charge in [-0.15, -0.1) is 11.3 Å². The van der Waals surface area contributed by atoms with Crippen LogP contribution in [0.25, 0.3) is 0 Å². The summed E-state index contributed by atoms with van der Waals surface area (Å²) in [6.07, 6.45) is 2.26. The fourth-order valence-electron chi connectivity index (χ4n) is 1.02. The Labute approximate surface area is 77.8 Å². The van der Waals surface area contributed by atoms with Crippen molar-refractivity contribution in [2.75, 3.05) is 6.54 Å². The average molecular weight is 184 g/mol. The Morgan fingerprint density at radius 1 is 1.67 bits per heavy atom. The van der Waals surface area contributed by atoms with E-state index < -0.39 is 0 Å². The standard InChI is InChI=1S/C9H16N2S/c1-3-4-8-6-12-9(11-8)7(2)5-10/h6-7H,3-5,10H2,1-2H3. The zero-order valence-corrected chi connectivity index (χ0v) is 8.53. The van der Waals surface area contributed by atoms with Crippen LogP contribution in [0.1, 0.15) is 36.9 Å². The lowest BCUT2D eigenvalue weighted by Gasteiger charge is -2.01. The number of thiazole rings is 1. The van der Waals surface area contributed by atoms with Gasteiger partial charge < -0.3 is 5.73 Å². The first-order valence-corrected chi connectivity index (χ1v) is 5.30. The highest BCUT2D eigenvalue weighted by Gasteiger charge is 2.07. The molecule has 1 atom stereocenters. The summed E-state index contributed by atoms with van der Waals surface area (Å²) >= 11 is 1.73. The maximum absolute atomic E-state index is 5.55. The molecule has 0 fully saturated rings. The molecule has 0 saturated carbocycles. The molecule has 12 heavy (non-hydrogen) atoms. The van der Waals surface area contributed by atoms with Crippen molar-refractivity contribution in [3.05, 3.63) is 16.1 Å². The normalized spacial score (nSPS) is 13.2. The Morgan fingerprint density at radius 3 is 3.00 bits per heavy atom. The molecule has 0 aliphatic heterocycles. The summed E-state index contributed by atoms with van der Waals surface area (Å²) in [6.45, 7) is 4.99. The van der Waals surface area contributed by atoms with Gasteiger partial charge in [-0.1, -0.05) is 20.3 Å². The van der Waals surface area contributed by atoms with Gasteiger partial charge >= 0.3 is 0 Å². The van der Waals surface area contributed by atoms with Gasteiger partial charge in [0.25, 0.3) is 0 Å². The molecule has 0 bridgehead atoms. The highest BCUT2D eigenvalue weighted by molar-refractivity contribution is 7.09. The van der Waals surface area contributed by atoms with E-state index in [1.54, 1.807) is 11.3 Å². The minimum atomic E-state index is 0.417. The summed E-state index contributed by atoms with van der Waals surface area (Å²) in [5.74, 6) is 0.417. The molecule has 2 N–H and O–H groups in total. The second kappa shape index (κ2) is 4.58. The number of nitrogens with zero attached hydrogens (tertiary/aromatic N) is 1. The van der Waals surface area contributed by atoms with Crippen molar-refractivity contribution >= 4 is 11.3 Å². The van der Waals surface area contributed by atoms with Gasteiger partial charge in [-0.05, 0) is 6.42 Å². The van der Waals surface area contributed by atoms with Crippen LogP contribution in [0.4, 0.5) is 0 Å². The van der Waals surface area contributed by atoms with Crippen LogP contribution in [0.15, 0.2) is 5.38 Å². The number of nitrogens with two attached hydrogens (primary N) is 1. The summed E-state index contributed by atoms with van der Waals surface area (Å²) < 4.78 is 0. The molecule has 1 aromatic rings. The van der Waals surface area contributed by atoms with E-state index in [4.69, 9.17) is 5.73 Å². The van der Waals surface area contributed by atoms with Gasteiger partial charge in [0.2, 0.25) is 0 Å². The Hall–Kier alpha value is -0.410. The largest absolute Gasteiger partial charge is 0.330 e. The third-order valence-corrected chi connectivity index (χ3v) is 2.98. The SMILES string of the molecule is CCCc1csc(C(C)CN)n1. The van der Waals surface area contributed by atoms with Gasteiger partial charge in [-0.25, -0.2) is 4.98 Å². The number of hydrogen-bond acceptors (Lipinski definition) is 3. The highest BCUT2D eigenvalue weighted by atomic mass is 32.1. The van der Waals surface area contributed by atoms with Gasteiger partial charge in [0, 0.05) is 17.8 Å². The lowest BCUT2D eigenvalue weighted by molar-refractivity contribution is 0.756. The number of rotatable bonds is 4. The summed E-state index contributed by atoms with van der Waals surface area (Å²) in [7, 11) is 0. The van der Waals surface area contributed by atoms with Crippen molar-refractivity contribution < 1.29 is 0 Å². The number of aromatic nitrogens is 1. The Bertz CT molecular complexity index is 232. The van der Waals surface area contributed by atoms with Crippen LogP contribution < -0.4 is 5.73 Å². The third kappa shape index (κ3) is 2.29. The first kappa shape index (κ1) is 9.68. The zero-order valence-electron chi connectivity index (χ0n) is 7.71. The fraction of sp³-hybridized carbons (Fsp3) is 0.667. The minimum absolute atomic E-state index is 0.417. The van der Waals surface area contributed by atoms with Crippen LogP contribution in [0.2, 0.25) is 0 Å². The van der Waals surface area contributed by atoms with Crippen LogP contribution in [-0.2, 0) is 6.42 Å². The molecule has 0 amide bonds. The molecule has 1 heterocycles. The van der Waals surface area contributed by atoms with Crippen LogP contribution in [-0.4, -0.2) is 11.5 Å². The molecule has 0 spiro atoms. The van der Waals surface area contributed by atoms with E-state index in [1.165, 1.54) is 17.1 Å². The van der Waals surface area contributed by atoms with E-state index in [0.29, 0.717) is 12.5 Å². The molecular weight excluding hydrogens is 168 g/mol. The maximum Gasteiger partial charge on any atom is 0.0969 e. The molecule has 0 saturated heterocycles. The Balaban J connectivity index is 2.63. The molecule has 0 radical (unpaired) electrons. The molecule has 3 heteroatoms. The summed E-state index contributed by atoms with van der Waals surface area (Å²) in [6, 6.07) is 0. The average Bonchev–Trinajstić information content (AvgIpc) is 2.52. The minimum Gasteiger partial charge on any atom is -0.330 e. The molecule has 0 aliphatic rings. The molecule has 1 aromatic heterocycles. The number of aryl methyl sites for hydroxylation is 1. The monoisotopic (exact) mass is 184 g/mol. The Morgan fingerprint density at radius 2 is 2.42 bits per heavy atom.